The van der Waals surface area contributed by atoms with Crippen molar-refractivity contribution in [3.63, 3.8) is 0 Å². The highest BCUT2D eigenvalue weighted by atomic mass is 35.5. The first-order valence-corrected chi connectivity index (χ1v) is 4.49. The summed E-state index contributed by atoms with van der Waals surface area (Å²) >= 11 is 5.99. The molecular formula is C10H7ClN2O. The van der Waals surface area contributed by atoms with Crippen molar-refractivity contribution in [2.45, 2.75) is 6.54 Å². The molecule has 0 aliphatic heterocycles. The number of halogens is 1. The number of benzene rings is 1. The molecule has 0 spiro atoms. The molecule has 0 atom stereocenters. The number of fused-ring (bicyclic) bond motifs is 1. The molecule has 0 unspecified atom stereocenters. The number of hydrogen-bond acceptors (Lipinski definition) is 2. The summed E-state index contributed by atoms with van der Waals surface area (Å²) in [7, 11) is 0. The number of isocyanates is 1. The van der Waals surface area contributed by atoms with E-state index in [1.165, 1.54) is 6.08 Å². The zero-order chi connectivity index (χ0) is 9.97. The van der Waals surface area contributed by atoms with Crippen LogP contribution >= 0.6 is 11.6 Å². The third-order valence-electron chi connectivity index (χ3n) is 2.06. The summed E-state index contributed by atoms with van der Waals surface area (Å²) in [5.41, 5.74) is 1.88. The molecule has 70 valence electrons. The van der Waals surface area contributed by atoms with Gasteiger partial charge in [0, 0.05) is 17.1 Å². The summed E-state index contributed by atoms with van der Waals surface area (Å²) in [4.78, 5) is 16.6. The summed E-state index contributed by atoms with van der Waals surface area (Å²) in [6.07, 6.45) is 3.24. The Balaban J connectivity index is 2.62. The smallest absolute Gasteiger partial charge is 0.235 e. The van der Waals surface area contributed by atoms with Gasteiger partial charge in [0.15, 0.2) is 0 Å². The summed E-state index contributed by atoms with van der Waals surface area (Å²) in [6, 6.07) is 5.71. The maximum Gasteiger partial charge on any atom is 0.235 e. The summed E-state index contributed by atoms with van der Waals surface area (Å²) in [5, 5.41) is 1.57. The average molecular weight is 207 g/mol. The third-order valence-corrected chi connectivity index (χ3v) is 2.36. The minimum Gasteiger partial charge on any atom is -0.360 e. The van der Waals surface area contributed by atoms with Crippen molar-refractivity contribution in [2.75, 3.05) is 0 Å². The van der Waals surface area contributed by atoms with E-state index in [1.54, 1.807) is 6.20 Å². The molecule has 1 heterocycles. The van der Waals surface area contributed by atoms with Crippen molar-refractivity contribution in [1.29, 1.82) is 0 Å². The van der Waals surface area contributed by atoms with E-state index in [1.807, 2.05) is 18.2 Å². The van der Waals surface area contributed by atoms with Gasteiger partial charge in [-0.25, -0.2) is 9.79 Å². The molecule has 0 amide bonds. The van der Waals surface area contributed by atoms with Crippen LogP contribution in [0.2, 0.25) is 5.02 Å². The fourth-order valence-electron chi connectivity index (χ4n) is 1.46. The first-order chi connectivity index (χ1) is 6.83. The molecule has 0 fully saturated rings. The number of aromatic amines is 1. The number of carbonyl (C=O) groups excluding carboxylic acids is 1. The van der Waals surface area contributed by atoms with Gasteiger partial charge in [-0.1, -0.05) is 23.7 Å². The number of hydrogen-bond donors (Lipinski definition) is 1. The van der Waals surface area contributed by atoms with Gasteiger partial charge in [-0.05, 0) is 11.6 Å². The van der Waals surface area contributed by atoms with Crippen LogP contribution in [0.4, 0.5) is 0 Å². The molecule has 0 aliphatic carbocycles. The Labute approximate surface area is 85.4 Å². The Kier molecular flexibility index (Phi) is 2.35. The van der Waals surface area contributed by atoms with Crippen molar-refractivity contribution >= 4 is 28.6 Å². The number of aliphatic imine (C=N–C) groups is 1. The van der Waals surface area contributed by atoms with E-state index < -0.39 is 0 Å². The molecule has 0 saturated carbocycles. The van der Waals surface area contributed by atoms with Gasteiger partial charge in [0.1, 0.15) is 0 Å². The van der Waals surface area contributed by atoms with E-state index >= 15 is 0 Å². The largest absolute Gasteiger partial charge is 0.360 e. The van der Waals surface area contributed by atoms with Crippen molar-refractivity contribution in [1.82, 2.24) is 4.98 Å². The van der Waals surface area contributed by atoms with E-state index in [2.05, 4.69) is 9.98 Å². The standard InChI is InChI=1S/C10H7ClN2O/c11-8-5-13-9-3-1-2-7(10(8)9)4-12-6-14/h1-3,5,13H,4H2. The van der Waals surface area contributed by atoms with Gasteiger partial charge >= 0.3 is 0 Å². The highest BCUT2D eigenvalue weighted by Gasteiger charge is 2.05. The van der Waals surface area contributed by atoms with Crippen LogP contribution in [-0.2, 0) is 11.3 Å². The van der Waals surface area contributed by atoms with Crippen LogP contribution in [0.25, 0.3) is 10.9 Å². The third kappa shape index (κ3) is 1.43. The zero-order valence-corrected chi connectivity index (χ0v) is 8.01. The van der Waals surface area contributed by atoms with Crippen molar-refractivity contribution in [2.24, 2.45) is 4.99 Å². The summed E-state index contributed by atoms with van der Waals surface area (Å²) < 4.78 is 0. The maximum atomic E-state index is 10.0. The van der Waals surface area contributed by atoms with Gasteiger partial charge < -0.3 is 4.98 Å². The molecule has 1 N–H and O–H groups in total. The maximum absolute atomic E-state index is 10.0. The van der Waals surface area contributed by atoms with Crippen LogP contribution < -0.4 is 0 Å². The zero-order valence-electron chi connectivity index (χ0n) is 7.25. The molecular weight excluding hydrogens is 200 g/mol. The topological polar surface area (TPSA) is 45.2 Å². The lowest BCUT2D eigenvalue weighted by Gasteiger charge is -1.98. The highest BCUT2D eigenvalue weighted by molar-refractivity contribution is 6.35. The Morgan fingerprint density at radius 1 is 1.50 bits per heavy atom. The van der Waals surface area contributed by atoms with E-state index in [9.17, 15) is 4.79 Å². The van der Waals surface area contributed by atoms with Gasteiger partial charge in [-0.15, -0.1) is 0 Å². The summed E-state index contributed by atoms with van der Waals surface area (Å²) in [6.45, 7) is 0.318. The molecule has 0 bridgehead atoms. The lowest BCUT2D eigenvalue weighted by Crippen LogP contribution is -1.82. The number of nitrogens with zero attached hydrogens (tertiary/aromatic N) is 1. The van der Waals surface area contributed by atoms with Gasteiger partial charge in [0.2, 0.25) is 6.08 Å². The minimum atomic E-state index is 0.318. The molecule has 1 aromatic carbocycles. The SMILES string of the molecule is O=C=NCc1cccc2[nH]cc(Cl)c12. The predicted molar refractivity (Wildman–Crippen MR) is 55.1 cm³/mol. The average Bonchev–Trinajstić information content (AvgIpc) is 2.58. The fraction of sp³-hybridized carbons (Fsp3) is 0.100. The molecule has 14 heavy (non-hydrogen) atoms. The van der Waals surface area contributed by atoms with Crippen LogP contribution in [0.15, 0.2) is 29.4 Å². The summed E-state index contributed by atoms with van der Waals surface area (Å²) in [5.74, 6) is 0. The first-order valence-electron chi connectivity index (χ1n) is 4.11. The molecule has 2 aromatic rings. The molecule has 3 nitrogen and oxygen atoms in total. The second-order valence-corrected chi connectivity index (χ2v) is 3.29. The molecule has 0 saturated heterocycles. The number of aromatic nitrogens is 1. The second-order valence-electron chi connectivity index (χ2n) is 2.88. The lowest BCUT2D eigenvalue weighted by atomic mass is 10.1. The van der Waals surface area contributed by atoms with Crippen LogP contribution in [0.1, 0.15) is 5.56 Å². The molecule has 0 aliphatic rings. The van der Waals surface area contributed by atoms with Crippen LogP contribution in [0.3, 0.4) is 0 Å². The van der Waals surface area contributed by atoms with Gasteiger partial charge in [0.25, 0.3) is 0 Å². The van der Waals surface area contributed by atoms with Gasteiger partial charge in [-0.2, -0.15) is 0 Å². The monoisotopic (exact) mass is 206 g/mol. The van der Waals surface area contributed by atoms with E-state index in [-0.39, 0.29) is 0 Å². The van der Waals surface area contributed by atoms with E-state index in [0.29, 0.717) is 11.6 Å². The van der Waals surface area contributed by atoms with Crippen molar-refractivity contribution in [3.05, 3.63) is 35.0 Å². The second kappa shape index (κ2) is 3.66. The predicted octanol–water partition coefficient (Wildman–Crippen LogP) is 2.66. The van der Waals surface area contributed by atoms with Crippen LogP contribution in [0, 0.1) is 0 Å². The lowest BCUT2D eigenvalue weighted by molar-refractivity contribution is 0.563. The van der Waals surface area contributed by atoms with Crippen molar-refractivity contribution in [3.8, 4) is 0 Å². The van der Waals surface area contributed by atoms with Crippen LogP contribution in [0.5, 0.6) is 0 Å². The normalized spacial score (nSPS) is 10.1. The van der Waals surface area contributed by atoms with Gasteiger partial charge in [0.05, 0.1) is 11.6 Å². The molecule has 4 heteroatoms. The number of H-pyrrole nitrogens is 1. The molecule has 1 aromatic heterocycles. The number of rotatable bonds is 2. The fourth-order valence-corrected chi connectivity index (χ4v) is 1.74. The Morgan fingerprint density at radius 2 is 2.36 bits per heavy atom. The van der Waals surface area contributed by atoms with Crippen LogP contribution in [-0.4, -0.2) is 11.1 Å². The molecule has 0 radical (unpaired) electrons. The first kappa shape index (κ1) is 9.00. The van der Waals surface area contributed by atoms with E-state index in [4.69, 9.17) is 11.6 Å². The van der Waals surface area contributed by atoms with Crippen molar-refractivity contribution < 1.29 is 4.79 Å². The molecule has 2 rings (SSSR count). The Morgan fingerprint density at radius 3 is 3.14 bits per heavy atom. The highest BCUT2D eigenvalue weighted by Crippen LogP contribution is 2.26. The van der Waals surface area contributed by atoms with E-state index in [0.717, 1.165) is 16.5 Å². The number of nitrogens with one attached hydrogen (secondary N) is 1. The van der Waals surface area contributed by atoms with Gasteiger partial charge in [-0.3, -0.25) is 0 Å². The minimum absolute atomic E-state index is 0.318. The quantitative estimate of drug-likeness (QED) is 0.596. The Bertz CT molecular complexity index is 512. The Hall–Kier alpha value is -1.57.